The van der Waals surface area contributed by atoms with Crippen molar-refractivity contribution in [3.63, 3.8) is 0 Å². The third-order valence-electron chi connectivity index (χ3n) is 4.30. The van der Waals surface area contributed by atoms with Crippen LogP contribution in [0.3, 0.4) is 0 Å². The average molecular weight is 410 g/mol. The van der Waals surface area contributed by atoms with E-state index in [1.807, 2.05) is 56.3 Å². The second kappa shape index (κ2) is 9.99. The molecule has 5 heteroatoms. The molecule has 0 spiro atoms. The lowest BCUT2D eigenvalue weighted by Crippen LogP contribution is -2.28. The van der Waals surface area contributed by atoms with Crippen molar-refractivity contribution in [1.82, 2.24) is 5.32 Å². The van der Waals surface area contributed by atoms with E-state index in [0.717, 1.165) is 22.4 Å². The number of ether oxygens (including phenoxy) is 2. The van der Waals surface area contributed by atoms with Crippen molar-refractivity contribution < 1.29 is 14.3 Å². The predicted molar refractivity (Wildman–Crippen MR) is 116 cm³/mol. The number of aryl methyl sites for hydroxylation is 2. The lowest BCUT2D eigenvalue weighted by Gasteiger charge is -2.11. The van der Waals surface area contributed by atoms with Gasteiger partial charge >= 0.3 is 0 Å². The summed E-state index contributed by atoms with van der Waals surface area (Å²) in [6, 6.07) is 20.7. The van der Waals surface area contributed by atoms with E-state index in [9.17, 15) is 4.79 Å². The van der Waals surface area contributed by atoms with Gasteiger partial charge in [-0.15, -0.1) is 0 Å². The minimum atomic E-state index is -0.169. The van der Waals surface area contributed by atoms with Crippen LogP contribution in [0.5, 0.6) is 11.5 Å². The molecule has 150 valence electrons. The normalized spacial score (nSPS) is 10.4. The number of hydrogen-bond acceptors (Lipinski definition) is 3. The Morgan fingerprint density at radius 1 is 0.897 bits per heavy atom. The van der Waals surface area contributed by atoms with Gasteiger partial charge in [0.2, 0.25) is 0 Å². The maximum atomic E-state index is 12.4. The van der Waals surface area contributed by atoms with Crippen LogP contribution < -0.4 is 14.8 Å². The van der Waals surface area contributed by atoms with E-state index in [-0.39, 0.29) is 5.91 Å². The second-order valence-electron chi connectivity index (χ2n) is 6.84. The number of benzene rings is 3. The Bertz CT molecular complexity index is 967. The standard InChI is InChI=1S/C24H24ClNO3/c1-17-12-18(2)14-22(13-17)28-11-10-26-24(27)19-7-5-8-21(15-19)29-16-20-6-3-4-9-23(20)25/h3-9,12-15H,10-11,16H2,1-2H3,(H,26,27). The van der Waals surface area contributed by atoms with E-state index < -0.39 is 0 Å². The molecule has 0 heterocycles. The molecule has 3 aromatic carbocycles. The SMILES string of the molecule is Cc1cc(C)cc(OCCNC(=O)c2cccc(OCc3ccccc3Cl)c2)c1. The van der Waals surface area contributed by atoms with E-state index in [0.29, 0.717) is 36.1 Å². The molecule has 29 heavy (non-hydrogen) atoms. The Morgan fingerprint density at radius 3 is 2.41 bits per heavy atom. The van der Waals surface area contributed by atoms with Crippen molar-refractivity contribution in [3.8, 4) is 11.5 Å². The van der Waals surface area contributed by atoms with Crippen LogP contribution in [-0.4, -0.2) is 19.1 Å². The number of rotatable bonds is 8. The van der Waals surface area contributed by atoms with Crippen molar-refractivity contribution in [3.05, 3.63) is 94.0 Å². The van der Waals surface area contributed by atoms with Gasteiger partial charge in [0.15, 0.2) is 0 Å². The van der Waals surface area contributed by atoms with E-state index in [1.165, 1.54) is 0 Å². The first-order valence-corrected chi connectivity index (χ1v) is 9.84. The molecule has 0 saturated heterocycles. The summed E-state index contributed by atoms with van der Waals surface area (Å²) in [5, 5.41) is 3.53. The Labute approximate surface area is 176 Å². The molecule has 0 aliphatic heterocycles. The van der Waals surface area contributed by atoms with Gasteiger partial charge in [-0.05, 0) is 61.4 Å². The Balaban J connectivity index is 1.49. The largest absolute Gasteiger partial charge is 0.492 e. The minimum Gasteiger partial charge on any atom is -0.492 e. The number of carbonyl (C=O) groups is 1. The molecule has 0 bridgehead atoms. The van der Waals surface area contributed by atoms with Gasteiger partial charge in [-0.2, -0.15) is 0 Å². The zero-order chi connectivity index (χ0) is 20.6. The van der Waals surface area contributed by atoms with Crippen LogP contribution in [0.2, 0.25) is 5.02 Å². The molecular formula is C24H24ClNO3. The highest BCUT2D eigenvalue weighted by Gasteiger charge is 2.07. The molecule has 3 rings (SSSR count). The number of hydrogen-bond donors (Lipinski definition) is 1. The number of carbonyl (C=O) groups excluding carboxylic acids is 1. The highest BCUT2D eigenvalue weighted by atomic mass is 35.5. The van der Waals surface area contributed by atoms with E-state index in [4.69, 9.17) is 21.1 Å². The summed E-state index contributed by atoms with van der Waals surface area (Å²) < 4.78 is 11.5. The zero-order valence-corrected chi connectivity index (χ0v) is 17.3. The zero-order valence-electron chi connectivity index (χ0n) is 16.6. The maximum Gasteiger partial charge on any atom is 0.251 e. The van der Waals surface area contributed by atoms with Gasteiger partial charge in [-0.3, -0.25) is 4.79 Å². The lowest BCUT2D eigenvalue weighted by molar-refractivity contribution is 0.0946. The Kier molecular flexibility index (Phi) is 7.14. The molecule has 0 unspecified atom stereocenters. The number of nitrogens with one attached hydrogen (secondary N) is 1. The fourth-order valence-corrected chi connectivity index (χ4v) is 3.15. The molecule has 0 aromatic heterocycles. The predicted octanol–water partition coefficient (Wildman–Crippen LogP) is 5.34. The van der Waals surface area contributed by atoms with Crippen LogP contribution >= 0.6 is 11.6 Å². The van der Waals surface area contributed by atoms with Gasteiger partial charge in [0.1, 0.15) is 24.7 Å². The van der Waals surface area contributed by atoms with Crippen LogP contribution in [0.4, 0.5) is 0 Å². The first kappa shape index (κ1) is 20.7. The smallest absolute Gasteiger partial charge is 0.251 e. The Hall–Kier alpha value is -2.98. The molecule has 1 amide bonds. The topological polar surface area (TPSA) is 47.6 Å². The van der Waals surface area contributed by atoms with Crippen LogP contribution in [0.25, 0.3) is 0 Å². The van der Waals surface area contributed by atoms with Gasteiger partial charge in [-0.1, -0.05) is 41.9 Å². The molecule has 1 N–H and O–H groups in total. The minimum absolute atomic E-state index is 0.169. The van der Waals surface area contributed by atoms with E-state index >= 15 is 0 Å². The first-order valence-electron chi connectivity index (χ1n) is 9.47. The van der Waals surface area contributed by atoms with Crippen LogP contribution in [0.15, 0.2) is 66.7 Å². The molecule has 0 saturated carbocycles. The van der Waals surface area contributed by atoms with Gasteiger partial charge < -0.3 is 14.8 Å². The van der Waals surface area contributed by atoms with Gasteiger partial charge in [0.05, 0.1) is 6.54 Å². The third-order valence-corrected chi connectivity index (χ3v) is 4.67. The summed E-state index contributed by atoms with van der Waals surface area (Å²) in [5.74, 6) is 1.26. The fourth-order valence-electron chi connectivity index (χ4n) is 2.96. The van der Waals surface area contributed by atoms with Crippen molar-refractivity contribution in [2.45, 2.75) is 20.5 Å². The molecule has 4 nitrogen and oxygen atoms in total. The van der Waals surface area contributed by atoms with Crippen molar-refractivity contribution in [2.75, 3.05) is 13.2 Å². The van der Waals surface area contributed by atoms with Gasteiger partial charge in [0.25, 0.3) is 5.91 Å². The van der Waals surface area contributed by atoms with Crippen LogP contribution in [-0.2, 0) is 6.61 Å². The molecule has 0 aliphatic rings. The molecule has 0 radical (unpaired) electrons. The summed E-state index contributed by atoms with van der Waals surface area (Å²) in [6.45, 7) is 5.22. The highest BCUT2D eigenvalue weighted by Crippen LogP contribution is 2.19. The molecule has 0 atom stereocenters. The quantitative estimate of drug-likeness (QED) is 0.510. The Morgan fingerprint density at radius 2 is 1.66 bits per heavy atom. The number of amides is 1. The monoisotopic (exact) mass is 409 g/mol. The molecular weight excluding hydrogens is 386 g/mol. The first-order chi connectivity index (χ1) is 14.0. The van der Waals surface area contributed by atoms with Gasteiger partial charge in [-0.25, -0.2) is 0 Å². The van der Waals surface area contributed by atoms with Crippen LogP contribution in [0, 0.1) is 13.8 Å². The summed E-state index contributed by atoms with van der Waals surface area (Å²) in [4.78, 5) is 12.4. The number of halogens is 1. The van der Waals surface area contributed by atoms with Crippen molar-refractivity contribution in [1.29, 1.82) is 0 Å². The van der Waals surface area contributed by atoms with Gasteiger partial charge in [0, 0.05) is 16.1 Å². The molecule has 0 fully saturated rings. The average Bonchev–Trinajstić information content (AvgIpc) is 2.70. The van der Waals surface area contributed by atoms with Crippen molar-refractivity contribution >= 4 is 17.5 Å². The summed E-state index contributed by atoms with van der Waals surface area (Å²) >= 11 is 6.15. The second-order valence-corrected chi connectivity index (χ2v) is 7.24. The highest BCUT2D eigenvalue weighted by molar-refractivity contribution is 6.31. The van der Waals surface area contributed by atoms with E-state index in [2.05, 4.69) is 11.4 Å². The summed E-state index contributed by atoms with van der Waals surface area (Å²) in [6.07, 6.45) is 0. The molecule has 3 aromatic rings. The van der Waals surface area contributed by atoms with E-state index in [1.54, 1.807) is 18.2 Å². The molecule has 0 aliphatic carbocycles. The third kappa shape index (κ3) is 6.26. The van der Waals surface area contributed by atoms with Crippen molar-refractivity contribution in [2.24, 2.45) is 0 Å². The summed E-state index contributed by atoms with van der Waals surface area (Å²) in [5.41, 5.74) is 3.73. The van der Waals surface area contributed by atoms with Crippen LogP contribution in [0.1, 0.15) is 27.0 Å². The fraction of sp³-hybridized carbons (Fsp3) is 0.208. The lowest BCUT2D eigenvalue weighted by atomic mass is 10.1. The summed E-state index contributed by atoms with van der Waals surface area (Å²) in [7, 11) is 0. The maximum absolute atomic E-state index is 12.4.